The van der Waals surface area contributed by atoms with Gasteiger partial charge < -0.3 is 5.32 Å². The maximum absolute atomic E-state index is 11.4. The van der Waals surface area contributed by atoms with Crippen molar-refractivity contribution in [3.8, 4) is 0 Å². The molecule has 0 aromatic heterocycles. The molecule has 5 heteroatoms. The Morgan fingerprint density at radius 3 is 2.33 bits per heavy atom. The topological polar surface area (TPSA) is 63.2 Å². The molecular weight excluding hydrogens is 214 g/mol. The third kappa shape index (κ3) is 6.62. The van der Waals surface area contributed by atoms with Crippen LogP contribution in [0.1, 0.15) is 33.6 Å². The minimum atomic E-state index is -3.07. The van der Waals surface area contributed by atoms with Crippen LogP contribution in [-0.4, -0.2) is 38.3 Å². The number of carbonyl (C=O) groups is 1. The summed E-state index contributed by atoms with van der Waals surface area (Å²) >= 11 is 0. The van der Waals surface area contributed by atoms with E-state index in [1.165, 1.54) is 0 Å². The van der Waals surface area contributed by atoms with Crippen LogP contribution < -0.4 is 5.32 Å². The lowest BCUT2D eigenvalue weighted by atomic mass is 10.2. The molecule has 1 N–H and O–H groups in total. The maximum atomic E-state index is 11.4. The van der Waals surface area contributed by atoms with Crippen molar-refractivity contribution in [2.45, 2.75) is 38.9 Å². The average molecular weight is 235 g/mol. The molecule has 90 valence electrons. The van der Waals surface area contributed by atoms with E-state index in [9.17, 15) is 13.2 Å². The molecule has 0 atom stereocenters. The van der Waals surface area contributed by atoms with Crippen LogP contribution in [0.15, 0.2) is 0 Å². The summed E-state index contributed by atoms with van der Waals surface area (Å²) in [5.74, 6) is -0.00418. The zero-order valence-corrected chi connectivity index (χ0v) is 10.6. The molecule has 0 aliphatic rings. The first kappa shape index (κ1) is 14.6. The molecule has 0 aliphatic carbocycles. The highest BCUT2D eigenvalue weighted by Crippen LogP contribution is 2.03. The molecule has 0 aromatic carbocycles. The Bertz CT molecular complexity index is 283. The van der Waals surface area contributed by atoms with Crippen LogP contribution in [0.3, 0.4) is 0 Å². The summed E-state index contributed by atoms with van der Waals surface area (Å²) in [6.07, 6.45) is 0.563. The highest BCUT2D eigenvalue weighted by atomic mass is 32.2. The summed E-state index contributed by atoms with van der Waals surface area (Å²) in [6, 6.07) is 0. The van der Waals surface area contributed by atoms with Crippen LogP contribution in [0.5, 0.6) is 0 Å². The van der Waals surface area contributed by atoms with Crippen molar-refractivity contribution in [3.05, 3.63) is 0 Å². The molecule has 0 saturated heterocycles. The molecule has 0 saturated carbocycles. The average Bonchev–Trinajstić information content (AvgIpc) is 2.15. The molecule has 0 heterocycles. The Kier molecular flexibility index (Phi) is 6.76. The summed E-state index contributed by atoms with van der Waals surface area (Å²) in [4.78, 5) is 11.3. The molecule has 0 unspecified atom stereocenters. The van der Waals surface area contributed by atoms with Gasteiger partial charge in [-0.1, -0.05) is 6.92 Å². The molecule has 0 aliphatic heterocycles. The Morgan fingerprint density at radius 2 is 1.87 bits per heavy atom. The van der Waals surface area contributed by atoms with Crippen LogP contribution in [0.4, 0.5) is 0 Å². The van der Waals surface area contributed by atoms with Crippen LogP contribution in [0.25, 0.3) is 0 Å². The number of hydrogen-bond acceptors (Lipinski definition) is 4. The normalized spacial score (nSPS) is 12.0. The van der Waals surface area contributed by atoms with Crippen molar-refractivity contribution >= 4 is 15.6 Å². The van der Waals surface area contributed by atoms with Gasteiger partial charge in [-0.05, 0) is 20.4 Å². The summed E-state index contributed by atoms with van der Waals surface area (Å²) in [5.41, 5.74) is 0. The minimum absolute atomic E-state index is 0.0141. The number of ketones is 1. The molecule has 0 spiro atoms. The highest BCUT2D eigenvalue weighted by molar-refractivity contribution is 7.91. The fourth-order valence-corrected chi connectivity index (χ4v) is 2.00. The lowest BCUT2D eigenvalue weighted by Gasteiger charge is -2.06. The zero-order chi connectivity index (χ0) is 11.9. The Balaban J connectivity index is 3.81. The van der Waals surface area contributed by atoms with Crippen LogP contribution in [0, 0.1) is 0 Å². The highest BCUT2D eigenvalue weighted by Gasteiger charge is 2.17. The molecule has 0 rings (SSSR count). The largest absolute Gasteiger partial charge is 0.317 e. The standard InChI is InChI=1S/C10H21NO3S/c1-4-11-7-5-10(12)6-8-15(13,14)9(2)3/h9,11H,4-8H2,1-3H3. The van der Waals surface area contributed by atoms with Gasteiger partial charge in [0.05, 0.1) is 11.0 Å². The van der Waals surface area contributed by atoms with Crippen molar-refractivity contribution in [2.75, 3.05) is 18.8 Å². The quantitative estimate of drug-likeness (QED) is 0.631. The molecule has 0 fully saturated rings. The van der Waals surface area contributed by atoms with E-state index in [4.69, 9.17) is 0 Å². The van der Waals surface area contributed by atoms with Gasteiger partial charge in [-0.15, -0.1) is 0 Å². The fourth-order valence-electron chi connectivity index (χ4n) is 1.02. The third-order valence-corrected chi connectivity index (χ3v) is 4.42. The maximum Gasteiger partial charge on any atom is 0.153 e. The summed E-state index contributed by atoms with van der Waals surface area (Å²) in [5, 5.41) is 2.64. The van der Waals surface area contributed by atoms with E-state index in [0.717, 1.165) is 6.54 Å². The SMILES string of the molecule is CCNCCC(=O)CCS(=O)(=O)C(C)C. The molecule has 4 nitrogen and oxygen atoms in total. The van der Waals surface area contributed by atoms with E-state index in [2.05, 4.69) is 5.32 Å². The fraction of sp³-hybridized carbons (Fsp3) is 0.900. The van der Waals surface area contributed by atoms with Crippen molar-refractivity contribution in [2.24, 2.45) is 0 Å². The van der Waals surface area contributed by atoms with Crippen molar-refractivity contribution in [1.82, 2.24) is 5.32 Å². The number of hydrogen-bond donors (Lipinski definition) is 1. The summed E-state index contributed by atoms with van der Waals surface area (Å²) in [7, 11) is -3.07. The number of nitrogens with one attached hydrogen (secondary N) is 1. The molecule has 0 radical (unpaired) electrons. The zero-order valence-electron chi connectivity index (χ0n) is 9.75. The van der Waals surface area contributed by atoms with Gasteiger partial charge in [-0.25, -0.2) is 8.42 Å². The summed E-state index contributed by atoms with van der Waals surface area (Å²) < 4.78 is 22.8. The number of Topliss-reactive ketones (excluding diaryl/α,β-unsaturated/α-hetero) is 1. The molecule has 0 bridgehead atoms. The molecule has 0 aromatic rings. The van der Waals surface area contributed by atoms with Gasteiger partial charge in [-0.3, -0.25) is 4.79 Å². The summed E-state index contributed by atoms with van der Waals surface area (Å²) in [6.45, 7) is 6.71. The van der Waals surface area contributed by atoms with Crippen molar-refractivity contribution in [1.29, 1.82) is 0 Å². The Hall–Kier alpha value is -0.420. The van der Waals surface area contributed by atoms with Gasteiger partial charge in [0, 0.05) is 19.4 Å². The number of rotatable bonds is 8. The van der Waals surface area contributed by atoms with E-state index in [-0.39, 0.29) is 23.2 Å². The number of sulfone groups is 1. The van der Waals surface area contributed by atoms with E-state index < -0.39 is 9.84 Å². The number of carbonyl (C=O) groups excluding carboxylic acids is 1. The second-order valence-electron chi connectivity index (χ2n) is 3.81. The second kappa shape index (κ2) is 6.95. The Morgan fingerprint density at radius 1 is 1.27 bits per heavy atom. The smallest absolute Gasteiger partial charge is 0.153 e. The van der Waals surface area contributed by atoms with E-state index >= 15 is 0 Å². The molecule has 0 amide bonds. The predicted octanol–water partition coefficient (Wildman–Crippen LogP) is 0.768. The Labute approximate surface area is 92.4 Å². The lowest BCUT2D eigenvalue weighted by Crippen LogP contribution is -2.22. The first-order valence-electron chi connectivity index (χ1n) is 5.34. The van der Waals surface area contributed by atoms with Crippen LogP contribution in [0.2, 0.25) is 0 Å². The van der Waals surface area contributed by atoms with E-state index in [0.29, 0.717) is 13.0 Å². The van der Waals surface area contributed by atoms with Gasteiger partial charge in [-0.2, -0.15) is 0 Å². The lowest BCUT2D eigenvalue weighted by molar-refractivity contribution is -0.118. The predicted molar refractivity (Wildman–Crippen MR) is 61.7 cm³/mol. The van der Waals surface area contributed by atoms with E-state index in [1.807, 2.05) is 6.92 Å². The van der Waals surface area contributed by atoms with Gasteiger partial charge in [0.25, 0.3) is 0 Å². The molecular formula is C10H21NO3S. The van der Waals surface area contributed by atoms with E-state index in [1.54, 1.807) is 13.8 Å². The van der Waals surface area contributed by atoms with Crippen molar-refractivity contribution in [3.63, 3.8) is 0 Å². The van der Waals surface area contributed by atoms with Crippen LogP contribution >= 0.6 is 0 Å². The third-order valence-electron chi connectivity index (χ3n) is 2.21. The van der Waals surface area contributed by atoms with Crippen molar-refractivity contribution < 1.29 is 13.2 Å². The van der Waals surface area contributed by atoms with Gasteiger partial charge >= 0.3 is 0 Å². The van der Waals surface area contributed by atoms with Gasteiger partial charge in [0.2, 0.25) is 0 Å². The second-order valence-corrected chi connectivity index (χ2v) is 6.48. The molecule has 15 heavy (non-hydrogen) atoms. The van der Waals surface area contributed by atoms with Crippen LogP contribution in [-0.2, 0) is 14.6 Å². The first-order valence-corrected chi connectivity index (χ1v) is 7.05. The van der Waals surface area contributed by atoms with Gasteiger partial charge in [0.15, 0.2) is 9.84 Å². The minimum Gasteiger partial charge on any atom is -0.317 e. The first-order chi connectivity index (χ1) is 6.90. The monoisotopic (exact) mass is 235 g/mol. The van der Waals surface area contributed by atoms with Gasteiger partial charge in [0.1, 0.15) is 5.78 Å².